The van der Waals surface area contributed by atoms with Crippen LogP contribution in [-0.2, 0) is 13.6 Å². The third-order valence-corrected chi connectivity index (χ3v) is 2.98. The molecule has 2 rings (SSSR count). The van der Waals surface area contributed by atoms with Crippen molar-refractivity contribution in [3.05, 3.63) is 34.8 Å². The minimum atomic E-state index is -0.140. The maximum absolute atomic E-state index is 12.0. The number of carbonyl (C=O) groups is 1. The monoisotopic (exact) mass is 310 g/mol. The van der Waals surface area contributed by atoms with Crippen LogP contribution >= 0.6 is 15.9 Å². The number of hydrogen-bond donors (Lipinski definition) is 1. The number of amides is 1. The molecule has 0 aliphatic rings. The third-order valence-electron chi connectivity index (χ3n) is 2.55. The highest BCUT2D eigenvalue weighted by molar-refractivity contribution is 9.10. The molecule has 0 aliphatic heterocycles. The number of halogens is 1. The van der Waals surface area contributed by atoms with Crippen molar-refractivity contribution in [2.24, 2.45) is 7.05 Å². The summed E-state index contributed by atoms with van der Waals surface area (Å²) in [5.41, 5.74) is 1.32. The van der Waals surface area contributed by atoms with Crippen LogP contribution in [-0.4, -0.2) is 20.3 Å². The zero-order valence-electron chi connectivity index (χ0n) is 10.4. The van der Waals surface area contributed by atoms with Gasteiger partial charge in [-0.1, -0.05) is 6.92 Å². The van der Waals surface area contributed by atoms with Gasteiger partial charge in [-0.25, -0.2) is 0 Å². The number of rotatable bonds is 4. The molecular weight excluding hydrogens is 296 g/mol. The van der Waals surface area contributed by atoms with E-state index in [1.165, 1.54) is 0 Å². The quantitative estimate of drug-likeness (QED) is 0.944. The predicted molar refractivity (Wildman–Crippen MR) is 73.6 cm³/mol. The minimum Gasteiger partial charge on any atom is -0.345 e. The molecule has 0 unspecified atom stereocenters. The molecule has 1 amide bonds. The van der Waals surface area contributed by atoms with E-state index < -0.39 is 0 Å². The fourth-order valence-corrected chi connectivity index (χ4v) is 2.25. The standard InChI is InChI=1S/C12H15BrN4O/c1-3-4-17-8-10(6-14-17)15-12(18)11-5-9(13)7-16(11)2/h5-8H,3-4H2,1-2H3,(H,15,18). The number of nitrogens with zero attached hydrogens (tertiary/aromatic N) is 3. The van der Waals surface area contributed by atoms with Gasteiger partial charge >= 0.3 is 0 Å². The summed E-state index contributed by atoms with van der Waals surface area (Å²) < 4.78 is 4.48. The SMILES string of the molecule is CCCn1cc(NC(=O)c2cc(Br)cn2C)cn1. The molecule has 0 radical (unpaired) electrons. The van der Waals surface area contributed by atoms with E-state index in [2.05, 4.69) is 33.3 Å². The smallest absolute Gasteiger partial charge is 0.272 e. The molecule has 2 aromatic rings. The van der Waals surface area contributed by atoms with E-state index in [1.807, 2.05) is 24.1 Å². The highest BCUT2D eigenvalue weighted by atomic mass is 79.9. The van der Waals surface area contributed by atoms with Crippen molar-refractivity contribution < 1.29 is 4.79 Å². The van der Waals surface area contributed by atoms with Gasteiger partial charge in [0.05, 0.1) is 11.9 Å². The second kappa shape index (κ2) is 5.39. The molecule has 2 heterocycles. The summed E-state index contributed by atoms with van der Waals surface area (Å²) in [7, 11) is 1.83. The van der Waals surface area contributed by atoms with E-state index in [-0.39, 0.29) is 5.91 Å². The fraction of sp³-hybridized carbons (Fsp3) is 0.333. The predicted octanol–water partition coefficient (Wildman–Crippen LogP) is 2.65. The molecule has 96 valence electrons. The first kappa shape index (κ1) is 12.9. The van der Waals surface area contributed by atoms with Crippen LogP contribution in [0.1, 0.15) is 23.8 Å². The van der Waals surface area contributed by atoms with E-state index >= 15 is 0 Å². The zero-order chi connectivity index (χ0) is 13.1. The number of anilines is 1. The van der Waals surface area contributed by atoms with E-state index in [9.17, 15) is 4.79 Å². The summed E-state index contributed by atoms with van der Waals surface area (Å²) in [5.74, 6) is -0.140. The normalized spacial score (nSPS) is 10.6. The van der Waals surface area contributed by atoms with E-state index in [1.54, 1.807) is 16.8 Å². The zero-order valence-corrected chi connectivity index (χ0v) is 11.9. The Morgan fingerprint density at radius 1 is 1.50 bits per heavy atom. The lowest BCUT2D eigenvalue weighted by atomic mass is 10.4. The molecule has 6 heteroatoms. The average Bonchev–Trinajstić information content (AvgIpc) is 2.86. The first-order valence-corrected chi connectivity index (χ1v) is 6.55. The highest BCUT2D eigenvalue weighted by Gasteiger charge is 2.11. The minimum absolute atomic E-state index is 0.140. The Kier molecular flexibility index (Phi) is 3.86. The lowest BCUT2D eigenvalue weighted by Gasteiger charge is -2.03. The summed E-state index contributed by atoms with van der Waals surface area (Å²) in [4.78, 5) is 12.0. The fourth-order valence-electron chi connectivity index (χ4n) is 1.72. The topological polar surface area (TPSA) is 51.9 Å². The molecule has 0 aliphatic carbocycles. The van der Waals surface area contributed by atoms with Crippen molar-refractivity contribution in [2.75, 3.05) is 5.32 Å². The summed E-state index contributed by atoms with van der Waals surface area (Å²) >= 11 is 3.34. The van der Waals surface area contributed by atoms with Gasteiger partial charge in [0.2, 0.25) is 0 Å². The van der Waals surface area contributed by atoms with E-state index in [0.29, 0.717) is 11.4 Å². The van der Waals surface area contributed by atoms with Crippen LogP contribution in [0.25, 0.3) is 0 Å². The molecule has 1 N–H and O–H groups in total. The third kappa shape index (κ3) is 2.81. The van der Waals surface area contributed by atoms with Crippen molar-refractivity contribution in [3.8, 4) is 0 Å². The van der Waals surface area contributed by atoms with Gasteiger partial charge in [-0.2, -0.15) is 5.10 Å². The van der Waals surface area contributed by atoms with E-state index in [4.69, 9.17) is 0 Å². The van der Waals surface area contributed by atoms with Gasteiger partial charge in [0.15, 0.2) is 0 Å². The van der Waals surface area contributed by atoms with Gasteiger partial charge < -0.3 is 9.88 Å². The maximum Gasteiger partial charge on any atom is 0.272 e. The van der Waals surface area contributed by atoms with Crippen LogP contribution in [0.2, 0.25) is 0 Å². The van der Waals surface area contributed by atoms with Gasteiger partial charge in [0, 0.05) is 30.5 Å². The summed E-state index contributed by atoms with van der Waals surface area (Å²) in [6.45, 7) is 2.94. The van der Waals surface area contributed by atoms with Crippen LogP contribution in [0.15, 0.2) is 29.1 Å². The number of aryl methyl sites for hydroxylation is 2. The lowest BCUT2D eigenvalue weighted by molar-refractivity contribution is 0.101. The van der Waals surface area contributed by atoms with Crippen molar-refractivity contribution in [1.29, 1.82) is 0 Å². The molecule has 2 aromatic heterocycles. The first-order chi connectivity index (χ1) is 8.60. The van der Waals surface area contributed by atoms with Gasteiger partial charge in [-0.3, -0.25) is 9.48 Å². The Morgan fingerprint density at radius 2 is 2.28 bits per heavy atom. The van der Waals surface area contributed by atoms with Crippen molar-refractivity contribution in [3.63, 3.8) is 0 Å². The number of aromatic nitrogens is 3. The van der Waals surface area contributed by atoms with Crippen molar-refractivity contribution >= 4 is 27.5 Å². The maximum atomic E-state index is 12.0. The number of nitrogens with one attached hydrogen (secondary N) is 1. The molecule has 5 nitrogen and oxygen atoms in total. The molecule has 18 heavy (non-hydrogen) atoms. The van der Waals surface area contributed by atoms with E-state index in [0.717, 1.165) is 17.4 Å². The van der Waals surface area contributed by atoms with Crippen LogP contribution in [0.5, 0.6) is 0 Å². The highest BCUT2D eigenvalue weighted by Crippen LogP contribution is 2.15. The average molecular weight is 311 g/mol. The van der Waals surface area contributed by atoms with Gasteiger partial charge in [0.25, 0.3) is 5.91 Å². The molecule has 0 spiro atoms. The first-order valence-electron chi connectivity index (χ1n) is 5.76. The molecule has 0 fully saturated rings. The van der Waals surface area contributed by atoms with Gasteiger partial charge in [-0.15, -0.1) is 0 Å². The molecule has 0 bridgehead atoms. The van der Waals surface area contributed by atoms with Gasteiger partial charge in [-0.05, 0) is 28.4 Å². The number of carbonyl (C=O) groups excluding carboxylic acids is 1. The van der Waals surface area contributed by atoms with Crippen LogP contribution in [0.3, 0.4) is 0 Å². The Morgan fingerprint density at radius 3 is 2.89 bits per heavy atom. The number of hydrogen-bond acceptors (Lipinski definition) is 2. The largest absolute Gasteiger partial charge is 0.345 e. The Hall–Kier alpha value is -1.56. The lowest BCUT2D eigenvalue weighted by Crippen LogP contribution is -2.14. The van der Waals surface area contributed by atoms with Crippen molar-refractivity contribution in [1.82, 2.24) is 14.3 Å². The molecule has 0 saturated carbocycles. The Labute approximate surface area is 114 Å². The molecule has 0 aromatic carbocycles. The molecular formula is C12H15BrN4O. The summed E-state index contributed by atoms with van der Waals surface area (Å²) in [5, 5.41) is 6.99. The Balaban J connectivity index is 2.08. The molecule has 0 atom stereocenters. The van der Waals surface area contributed by atoms with Crippen LogP contribution < -0.4 is 5.32 Å². The van der Waals surface area contributed by atoms with Crippen LogP contribution in [0, 0.1) is 0 Å². The summed E-state index contributed by atoms with van der Waals surface area (Å²) in [6, 6.07) is 1.78. The molecule has 0 saturated heterocycles. The van der Waals surface area contributed by atoms with Gasteiger partial charge in [0.1, 0.15) is 5.69 Å². The summed E-state index contributed by atoms with van der Waals surface area (Å²) in [6.07, 6.45) is 6.35. The second-order valence-corrected chi connectivity index (χ2v) is 5.02. The van der Waals surface area contributed by atoms with Crippen molar-refractivity contribution in [2.45, 2.75) is 19.9 Å². The second-order valence-electron chi connectivity index (χ2n) is 4.10. The van der Waals surface area contributed by atoms with Crippen LogP contribution in [0.4, 0.5) is 5.69 Å². The Bertz CT molecular complexity index is 558.